The van der Waals surface area contributed by atoms with Crippen LogP contribution in [0.2, 0.25) is 0 Å². The van der Waals surface area contributed by atoms with Crippen LogP contribution in [-0.4, -0.2) is 35.7 Å². The van der Waals surface area contributed by atoms with Crippen molar-refractivity contribution in [2.75, 3.05) is 18.4 Å². The maximum absolute atomic E-state index is 12.6. The number of nitrogens with two attached hydrogens (primary N) is 1. The molecular formula is C16H19N3O4S. The summed E-state index contributed by atoms with van der Waals surface area (Å²) in [6, 6.07) is 3.08. The van der Waals surface area contributed by atoms with Gasteiger partial charge < -0.3 is 20.4 Å². The van der Waals surface area contributed by atoms with Gasteiger partial charge in [0.2, 0.25) is 0 Å². The van der Waals surface area contributed by atoms with Crippen LogP contribution in [0.25, 0.3) is 0 Å². The molecule has 0 spiro atoms. The molecule has 0 aliphatic carbocycles. The first-order valence-corrected chi connectivity index (χ1v) is 8.29. The van der Waals surface area contributed by atoms with E-state index in [9.17, 15) is 14.4 Å². The second-order valence-corrected chi connectivity index (χ2v) is 6.05. The fraction of sp³-hybridized carbons (Fsp3) is 0.312. The predicted octanol–water partition coefficient (Wildman–Crippen LogP) is 2.48. The summed E-state index contributed by atoms with van der Waals surface area (Å²) in [5.41, 5.74) is 6.05. The van der Waals surface area contributed by atoms with Crippen molar-refractivity contribution < 1.29 is 18.8 Å². The summed E-state index contributed by atoms with van der Waals surface area (Å²) in [7, 11) is 0. The second-order valence-electron chi connectivity index (χ2n) is 5.03. The molecule has 0 saturated carbocycles. The van der Waals surface area contributed by atoms with Crippen molar-refractivity contribution in [1.82, 2.24) is 4.90 Å². The van der Waals surface area contributed by atoms with Gasteiger partial charge in [-0.2, -0.15) is 0 Å². The molecule has 0 saturated heterocycles. The Hall–Kier alpha value is -2.61. The van der Waals surface area contributed by atoms with Gasteiger partial charge in [-0.05, 0) is 38.5 Å². The van der Waals surface area contributed by atoms with Crippen molar-refractivity contribution in [1.29, 1.82) is 0 Å². The molecule has 7 nitrogen and oxygen atoms in total. The lowest BCUT2D eigenvalue weighted by Crippen LogP contribution is -2.30. The van der Waals surface area contributed by atoms with Crippen molar-refractivity contribution in [2.24, 2.45) is 5.73 Å². The van der Waals surface area contributed by atoms with Gasteiger partial charge in [0.15, 0.2) is 5.76 Å². The molecule has 3 N–H and O–H groups in total. The van der Waals surface area contributed by atoms with Gasteiger partial charge in [0, 0.05) is 13.1 Å². The zero-order valence-electron chi connectivity index (χ0n) is 13.7. The van der Waals surface area contributed by atoms with Crippen molar-refractivity contribution in [3.8, 4) is 0 Å². The van der Waals surface area contributed by atoms with Gasteiger partial charge in [-0.15, -0.1) is 11.3 Å². The SMILES string of the molecule is CCN(CC)C(=O)c1sc(NC(=O)c2ccco2)c(C(N)=O)c1C. The summed E-state index contributed by atoms with van der Waals surface area (Å²) in [4.78, 5) is 38.5. The quantitative estimate of drug-likeness (QED) is 0.835. The second kappa shape index (κ2) is 7.31. The number of hydrogen-bond acceptors (Lipinski definition) is 5. The molecule has 2 aromatic rings. The van der Waals surface area contributed by atoms with Crippen LogP contribution in [0.3, 0.4) is 0 Å². The molecule has 0 aromatic carbocycles. The molecule has 128 valence electrons. The largest absolute Gasteiger partial charge is 0.459 e. The molecule has 0 bridgehead atoms. The number of rotatable bonds is 6. The summed E-state index contributed by atoms with van der Waals surface area (Å²) < 4.78 is 5.03. The Morgan fingerprint density at radius 1 is 1.29 bits per heavy atom. The van der Waals surface area contributed by atoms with Gasteiger partial charge >= 0.3 is 0 Å². The number of furan rings is 1. The molecule has 0 radical (unpaired) electrons. The van der Waals surface area contributed by atoms with E-state index >= 15 is 0 Å². The van der Waals surface area contributed by atoms with Gasteiger partial charge in [0.05, 0.1) is 16.7 Å². The Morgan fingerprint density at radius 2 is 1.96 bits per heavy atom. The molecule has 2 aromatic heterocycles. The van der Waals surface area contributed by atoms with Crippen molar-refractivity contribution in [2.45, 2.75) is 20.8 Å². The number of primary amides is 1. The van der Waals surface area contributed by atoms with Crippen LogP contribution in [0.15, 0.2) is 22.8 Å². The van der Waals surface area contributed by atoms with Crippen molar-refractivity contribution >= 4 is 34.1 Å². The average Bonchev–Trinajstić information content (AvgIpc) is 3.16. The Balaban J connectivity index is 2.41. The van der Waals surface area contributed by atoms with Crippen LogP contribution in [0.5, 0.6) is 0 Å². The summed E-state index contributed by atoms with van der Waals surface area (Å²) in [5.74, 6) is -1.29. The first-order chi connectivity index (χ1) is 11.4. The first-order valence-electron chi connectivity index (χ1n) is 7.47. The fourth-order valence-electron chi connectivity index (χ4n) is 2.33. The molecule has 2 heterocycles. The van der Waals surface area contributed by atoms with Crippen LogP contribution >= 0.6 is 11.3 Å². The summed E-state index contributed by atoms with van der Waals surface area (Å²) in [6.45, 7) is 6.49. The molecule has 0 fully saturated rings. The molecule has 0 unspecified atom stereocenters. The monoisotopic (exact) mass is 349 g/mol. The fourth-order valence-corrected chi connectivity index (χ4v) is 3.50. The number of nitrogens with zero attached hydrogens (tertiary/aromatic N) is 1. The van der Waals surface area contributed by atoms with Crippen LogP contribution in [-0.2, 0) is 0 Å². The highest BCUT2D eigenvalue weighted by atomic mass is 32.1. The van der Waals surface area contributed by atoms with E-state index in [1.54, 1.807) is 17.9 Å². The number of carbonyl (C=O) groups is 3. The highest BCUT2D eigenvalue weighted by Crippen LogP contribution is 2.34. The highest BCUT2D eigenvalue weighted by Gasteiger charge is 2.26. The zero-order valence-corrected chi connectivity index (χ0v) is 14.5. The predicted molar refractivity (Wildman–Crippen MR) is 91.5 cm³/mol. The zero-order chi connectivity index (χ0) is 17.9. The number of anilines is 1. The molecule has 2 rings (SSSR count). The smallest absolute Gasteiger partial charge is 0.291 e. The summed E-state index contributed by atoms with van der Waals surface area (Å²) >= 11 is 1.04. The Bertz CT molecular complexity index is 761. The Kier molecular flexibility index (Phi) is 5.40. The molecule has 0 atom stereocenters. The molecule has 8 heteroatoms. The number of amides is 3. The number of carbonyl (C=O) groups excluding carboxylic acids is 3. The molecule has 0 aliphatic rings. The van der Waals surface area contributed by atoms with Gasteiger partial charge in [-0.25, -0.2) is 0 Å². The number of hydrogen-bond donors (Lipinski definition) is 2. The minimum Gasteiger partial charge on any atom is -0.459 e. The van der Waals surface area contributed by atoms with E-state index in [0.717, 1.165) is 11.3 Å². The lowest BCUT2D eigenvalue weighted by Gasteiger charge is -2.17. The van der Waals surface area contributed by atoms with E-state index in [0.29, 0.717) is 23.5 Å². The lowest BCUT2D eigenvalue weighted by atomic mass is 10.1. The molecular weight excluding hydrogens is 330 g/mol. The summed E-state index contributed by atoms with van der Waals surface area (Å²) in [5, 5.41) is 2.85. The van der Waals surface area contributed by atoms with E-state index in [-0.39, 0.29) is 22.2 Å². The Morgan fingerprint density at radius 3 is 2.46 bits per heavy atom. The van der Waals surface area contributed by atoms with E-state index in [2.05, 4.69) is 5.32 Å². The van der Waals surface area contributed by atoms with Crippen LogP contribution in [0.4, 0.5) is 5.00 Å². The maximum atomic E-state index is 12.6. The van der Waals surface area contributed by atoms with Gasteiger partial charge in [-0.3, -0.25) is 14.4 Å². The third-order valence-electron chi connectivity index (χ3n) is 3.61. The van der Waals surface area contributed by atoms with Crippen LogP contribution in [0, 0.1) is 6.92 Å². The average molecular weight is 349 g/mol. The normalized spacial score (nSPS) is 10.5. The molecule has 3 amide bonds. The van der Waals surface area contributed by atoms with Crippen molar-refractivity contribution in [3.63, 3.8) is 0 Å². The van der Waals surface area contributed by atoms with E-state index in [1.807, 2.05) is 13.8 Å². The maximum Gasteiger partial charge on any atom is 0.291 e. The van der Waals surface area contributed by atoms with Gasteiger partial charge in [-0.1, -0.05) is 0 Å². The number of nitrogens with one attached hydrogen (secondary N) is 1. The topological polar surface area (TPSA) is 106 Å². The van der Waals surface area contributed by atoms with Gasteiger partial charge in [0.25, 0.3) is 17.7 Å². The van der Waals surface area contributed by atoms with E-state index in [1.165, 1.54) is 12.3 Å². The molecule has 24 heavy (non-hydrogen) atoms. The van der Waals surface area contributed by atoms with Gasteiger partial charge in [0.1, 0.15) is 5.00 Å². The lowest BCUT2D eigenvalue weighted by molar-refractivity contribution is 0.0777. The highest BCUT2D eigenvalue weighted by molar-refractivity contribution is 7.18. The standard InChI is InChI=1S/C16H19N3O4S/c1-4-19(5-2)16(22)12-9(3)11(13(17)20)15(24-12)18-14(21)10-7-6-8-23-10/h6-8H,4-5H2,1-3H3,(H2,17,20)(H,18,21). The number of thiophene rings is 1. The van der Waals surface area contributed by atoms with Crippen molar-refractivity contribution in [3.05, 3.63) is 40.2 Å². The minimum absolute atomic E-state index is 0.105. The van der Waals surface area contributed by atoms with Crippen LogP contribution < -0.4 is 11.1 Å². The Labute approximate surface area is 143 Å². The minimum atomic E-state index is -0.697. The summed E-state index contributed by atoms with van der Waals surface area (Å²) in [6.07, 6.45) is 1.37. The first kappa shape index (κ1) is 17.7. The third kappa shape index (κ3) is 3.33. The van der Waals surface area contributed by atoms with Crippen LogP contribution in [0.1, 0.15) is 50.0 Å². The third-order valence-corrected chi connectivity index (χ3v) is 4.81. The van der Waals surface area contributed by atoms with E-state index < -0.39 is 11.8 Å². The van der Waals surface area contributed by atoms with E-state index in [4.69, 9.17) is 10.2 Å². The molecule has 0 aliphatic heterocycles.